The second-order valence-corrected chi connectivity index (χ2v) is 8.46. The maximum absolute atomic E-state index is 12.8. The first-order valence-electron chi connectivity index (χ1n) is 9.40. The van der Waals surface area contributed by atoms with Crippen molar-refractivity contribution in [3.05, 3.63) is 64.7 Å². The van der Waals surface area contributed by atoms with Crippen LogP contribution in [0.2, 0.25) is 0 Å². The van der Waals surface area contributed by atoms with Gasteiger partial charge in [-0.1, -0.05) is 30.3 Å². The lowest BCUT2D eigenvalue weighted by molar-refractivity contribution is -0.128. The summed E-state index contributed by atoms with van der Waals surface area (Å²) in [5.74, 6) is -0.743. The van der Waals surface area contributed by atoms with E-state index < -0.39 is 22.0 Å². The Morgan fingerprint density at radius 3 is 2.53 bits per heavy atom. The minimum Gasteiger partial charge on any atom is -0.396 e. The van der Waals surface area contributed by atoms with Crippen molar-refractivity contribution >= 4 is 27.6 Å². The molecule has 30 heavy (non-hydrogen) atoms. The maximum Gasteiger partial charge on any atom is 0.261 e. The number of fused-ring (bicyclic) bond motifs is 1. The maximum atomic E-state index is 12.8. The highest BCUT2D eigenvalue weighted by atomic mass is 32.2. The first-order chi connectivity index (χ1) is 14.4. The minimum absolute atomic E-state index is 0.102. The standard InChI is InChI=1S/C21H23N3O5S/c1-30(29)19(20(26)23-28)8-10-24-13-22-18-12-16(6-7-17(18)21(24)27)15-4-2-14(3-5-15)9-11-25/h2-7,12-13,19,25,28H,8-11H2,1H3,(H,23,26). The van der Waals surface area contributed by atoms with Gasteiger partial charge in [0.25, 0.3) is 11.5 Å². The van der Waals surface area contributed by atoms with Crippen LogP contribution in [0.1, 0.15) is 12.0 Å². The number of hydrogen-bond acceptors (Lipinski definition) is 6. The summed E-state index contributed by atoms with van der Waals surface area (Å²) < 4.78 is 13.1. The molecule has 1 aromatic heterocycles. The molecule has 0 bridgehead atoms. The Morgan fingerprint density at radius 2 is 1.90 bits per heavy atom. The summed E-state index contributed by atoms with van der Waals surface area (Å²) in [5.41, 5.74) is 4.75. The van der Waals surface area contributed by atoms with Gasteiger partial charge in [-0.25, -0.2) is 10.5 Å². The van der Waals surface area contributed by atoms with Gasteiger partial charge >= 0.3 is 0 Å². The van der Waals surface area contributed by atoms with Crippen molar-refractivity contribution in [2.24, 2.45) is 0 Å². The molecule has 0 saturated heterocycles. The Bertz CT molecular complexity index is 1130. The number of nitrogens with one attached hydrogen (secondary N) is 1. The Kier molecular flexibility index (Phi) is 7.09. The normalized spacial score (nSPS) is 13.2. The fourth-order valence-electron chi connectivity index (χ4n) is 3.27. The van der Waals surface area contributed by atoms with E-state index in [0.29, 0.717) is 17.3 Å². The Labute approximate surface area is 175 Å². The summed E-state index contributed by atoms with van der Waals surface area (Å²) in [5, 5.41) is 17.3. The summed E-state index contributed by atoms with van der Waals surface area (Å²) in [7, 11) is -1.49. The highest BCUT2D eigenvalue weighted by Crippen LogP contribution is 2.23. The number of aryl methyl sites for hydroxylation is 1. The molecule has 2 atom stereocenters. The van der Waals surface area contributed by atoms with Gasteiger partial charge in [-0.05, 0) is 41.7 Å². The van der Waals surface area contributed by atoms with Gasteiger partial charge in [0.2, 0.25) is 0 Å². The lowest BCUT2D eigenvalue weighted by atomic mass is 10.0. The topological polar surface area (TPSA) is 122 Å². The molecule has 2 aromatic carbocycles. The number of hydroxylamine groups is 1. The van der Waals surface area contributed by atoms with Crippen LogP contribution in [0.5, 0.6) is 0 Å². The van der Waals surface area contributed by atoms with Crippen molar-refractivity contribution in [1.82, 2.24) is 15.0 Å². The summed E-state index contributed by atoms with van der Waals surface area (Å²) in [4.78, 5) is 28.8. The zero-order chi connectivity index (χ0) is 21.7. The molecule has 0 fully saturated rings. The van der Waals surface area contributed by atoms with E-state index in [1.807, 2.05) is 36.4 Å². The fourth-order valence-corrected chi connectivity index (χ4v) is 4.06. The van der Waals surface area contributed by atoms with E-state index in [-0.39, 0.29) is 25.1 Å². The van der Waals surface area contributed by atoms with Crippen LogP contribution in [0.4, 0.5) is 0 Å². The van der Waals surface area contributed by atoms with Crippen molar-refractivity contribution in [2.45, 2.75) is 24.6 Å². The molecule has 0 saturated carbocycles. The van der Waals surface area contributed by atoms with E-state index in [9.17, 15) is 13.8 Å². The third-order valence-electron chi connectivity index (χ3n) is 4.95. The number of aliphatic hydroxyl groups excluding tert-OH is 1. The van der Waals surface area contributed by atoms with Gasteiger partial charge in [0.1, 0.15) is 5.25 Å². The Balaban J connectivity index is 1.85. The van der Waals surface area contributed by atoms with Gasteiger partial charge in [0.15, 0.2) is 0 Å². The third kappa shape index (κ3) is 4.81. The molecular formula is C21H23N3O5S. The molecule has 0 spiro atoms. The van der Waals surface area contributed by atoms with Crippen LogP contribution in [0.25, 0.3) is 22.0 Å². The number of carbonyl (C=O) groups is 1. The highest BCUT2D eigenvalue weighted by Gasteiger charge is 2.22. The monoisotopic (exact) mass is 429 g/mol. The summed E-state index contributed by atoms with van der Waals surface area (Å²) >= 11 is 0. The second kappa shape index (κ2) is 9.75. The summed E-state index contributed by atoms with van der Waals surface area (Å²) in [6.07, 6.45) is 3.51. The number of rotatable bonds is 8. The van der Waals surface area contributed by atoms with Crippen LogP contribution in [0, 0.1) is 0 Å². The van der Waals surface area contributed by atoms with E-state index in [1.54, 1.807) is 6.07 Å². The number of aromatic nitrogens is 2. The van der Waals surface area contributed by atoms with Gasteiger partial charge in [-0.3, -0.25) is 23.6 Å². The summed E-state index contributed by atoms with van der Waals surface area (Å²) in [6, 6.07) is 13.2. The van der Waals surface area contributed by atoms with Crippen molar-refractivity contribution in [1.29, 1.82) is 0 Å². The van der Waals surface area contributed by atoms with Crippen LogP contribution >= 0.6 is 0 Å². The first kappa shape index (κ1) is 21.8. The molecule has 2 unspecified atom stereocenters. The Hall–Kier alpha value is -2.88. The van der Waals surface area contributed by atoms with Crippen molar-refractivity contribution < 1.29 is 19.3 Å². The lowest BCUT2D eigenvalue weighted by Crippen LogP contribution is -2.36. The number of benzene rings is 2. The van der Waals surface area contributed by atoms with Gasteiger partial charge in [-0.15, -0.1) is 0 Å². The molecule has 1 heterocycles. The third-order valence-corrected chi connectivity index (χ3v) is 6.20. The zero-order valence-electron chi connectivity index (χ0n) is 16.4. The van der Waals surface area contributed by atoms with E-state index in [4.69, 9.17) is 10.3 Å². The van der Waals surface area contributed by atoms with Crippen LogP contribution < -0.4 is 11.0 Å². The largest absolute Gasteiger partial charge is 0.396 e. The molecule has 0 radical (unpaired) electrons. The van der Waals surface area contributed by atoms with Crippen molar-refractivity contribution in [3.8, 4) is 11.1 Å². The molecule has 8 nitrogen and oxygen atoms in total. The van der Waals surface area contributed by atoms with Crippen LogP contribution in [0.3, 0.4) is 0 Å². The Morgan fingerprint density at radius 1 is 1.20 bits per heavy atom. The van der Waals surface area contributed by atoms with Gasteiger partial charge in [0.05, 0.1) is 17.2 Å². The first-order valence-corrected chi connectivity index (χ1v) is 11.0. The molecule has 0 aliphatic rings. The van der Waals surface area contributed by atoms with E-state index in [1.165, 1.54) is 22.6 Å². The quantitative estimate of drug-likeness (QED) is 0.366. The smallest absolute Gasteiger partial charge is 0.261 e. The molecule has 3 aromatic rings. The van der Waals surface area contributed by atoms with E-state index in [0.717, 1.165) is 16.7 Å². The minimum atomic E-state index is -1.49. The molecular weight excluding hydrogens is 406 g/mol. The summed E-state index contributed by atoms with van der Waals surface area (Å²) in [6.45, 7) is 0.249. The van der Waals surface area contributed by atoms with Crippen LogP contribution in [0.15, 0.2) is 53.6 Å². The van der Waals surface area contributed by atoms with Gasteiger partial charge in [-0.2, -0.15) is 0 Å². The van der Waals surface area contributed by atoms with Crippen molar-refractivity contribution in [3.63, 3.8) is 0 Å². The molecule has 3 rings (SSSR count). The number of hydrogen-bond donors (Lipinski definition) is 3. The molecule has 1 amide bonds. The lowest BCUT2D eigenvalue weighted by Gasteiger charge is -2.13. The predicted octanol–water partition coefficient (Wildman–Crippen LogP) is 1.24. The van der Waals surface area contributed by atoms with Gasteiger partial charge in [0, 0.05) is 30.2 Å². The number of aliphatic hydroxyl groups is 1. The van der Waals surface area contributed by atoms with Gasteiger partial charge < -0.3 is 5.11 Å². The number of nitrogens with zero attached hydrogens (tertiary/aromatic N) is 2. The van der Waals surface area contributed by atoms with Crippen LogP contribution in [-0.4, -0.2) is 48.1 Å². The average Bonchev–Trinajstić information content (AvgIpc) is 2.75. The predicted molar refractivity (Wildman–Crippen MR) is 115 cm³/mol. The van der Waals surface area contributed by atoms with Crippen molar-refractivity contribution in [2.75, 3.05) is 12.9 Å². The zero-order valence-corrected chi connectivity index (χ0v) is 17.3. The fraction of sp³-hybridized carbons (Fsp3) is 0.286. The molecule has 9 heteroatoms. The number of amides is 1. The SMILES string of the molecule is CS(=O)C(CCn1cnc2cc(-c3ccc(CCO)cc3)ccc2c1=O)C(=O)NO. The second-order valence-electron chi connectivity index (χ2n) is 6.90. The molecule has 0 aliphatic carbocycles. The molecule has 3 N–H and O–H groups in total. The molecule has 0 aliphatic heterocycles. The average molecular weight is 429 g/mol. The highest BCUT2D eigenvalue weighted by molar-refractivity contribution is 7.85. The number of carbonyl (C=O) groups excluding carboxylic acids is 1. The molecule has 158 valence electrons. The van der Waals surface area contributed by atoms with E-state index >= 15 is 0 Å². The van der Waals surface area contributed by atoms with E-state index in [2.05, 4.69) is 4.98 Å². The van der Waals surface area contributed by atoms with Crippen LogP contribution in [-0.2, 0) is 28.6 Å².